The first-order valence-corrected chi connectivity index (χ1v) is 6.95. The molecule has 0 saturated heterocycles. The minimum absolute atomic E-state index is 0.560. The molecule has 0 amide bonds. The van der Waals surface area contributed by atoms with Crippen LogP contribution in [-0.2, 0) is 12.8 Å². The number of anilines is 1. The largest absolute Gasteiger partial charge is 0.455 e. The van der Waals surface area contributed by atoms with Crippen LogP contribution in [-0.4, -0.2) is 0 Å². The molecule has 0 fully saturated rings. The molecule has 0 atom stereocenters. The summed E-state index contributed by atoms with van der Waals surface area (Å²) in [5.74, 6) is 1.50. The van der Waals surface area contributed by atoms with Crippen molar-refractivity contribution >= 4 is 17.3 Å². The molecule has 0 bridgehead atoms. The molecule has 0 aliphatic heterocycles. The summed E-state index contributed by atoms with van der Waals surface area (Å²) in [6, 6.07) is 11.6. The van der Waals surface area contributed by atoms with Crippen LogP contribution in [0.1, 0.15) is 24.0 Å². The molecule has 2 N–H and O–H groups in total. The van der Waals surface area contributed by atoms with Crippen LogP contribution in [0.3, 0.4) is 0 Å². The van der Waals surface area contributed by atoms with Crippen LogP contribution in [0.25, 0.3) is 0 Å². The second kappa shape index (κ2) is 5.14. The average Bonchev–Trinajstić information content (AvgIpc) is 2.42. The van der Waals surface area contributed by atoms with Crippen LogP contribution < -0.4 is 10.5 Å². The molecule has 1 aliphatic rings. The van der Waals surface area contributed by atoms with E-state index in [-0.39, 0.29) is 0 Å². The summed E-state index contributed by atoms with van der Waals surface area (Å²) in [5.41, 5.74) is 9.30. The van der Waals surface area contributed by atoms with E-state index in [0.717, 1.165) is 12.2 Å². The van der Waals surface area contributed by atoms with Gasteiger partial charge in [-0.3, -0.25) is 0 Å². The maximum absolute atomic E-state index is 5.90. The van der Waals surface area contributed by atoms with E-state index in [1.807, 2.05) is 6.07 Å². The number of nitrogen functional groups attached to an aromatic ring is 1. The Labute approximate surface area is 118 Å². The van der Waals surface area contributed by atoms with Gasteiger partial charge in [0.25, 0.3) is 0 Å². The van der Waals surface area contributed by atoms with Gasteiger partial charge in [0.05, 0.1) is 5.69 Å². The Hall–Kier alpha value is -1.67. The molecule has 0 saturated carbocycles. The minimum Gasteiger partial charge on any atom is -0.455 e. The molecule has 3 rings (SSSR count). The van der Waals surface area contributed by atoms with Crippen LogP contribution >= 0.6 is 11.6 Å². The summed E-state index contributed by atoms with van der Waals surface area (Å²) in [7, 11) is 0. The number of aryl methyl sites for hydroxylation is 2. The predicted octanol–water partition coefficient (Wildman–Crippen LogP) is 4.59. The molecule has 98 valence electrons. The summed E-state index contributed by atoms with van der Waals surface area (Å²) in [6.45, 7) is 0. The number of rotatable bonds is 2. The van der Waals surface area contributed by atoms with Gasteiger partial charge >= 0.3 is 0 Å². The summed E-state index contributed by atoms with van der Waals surface area (Å²) in [4.78, 5) is 0. The van der Waals surface area contributed by atoms with E-state index in [1.54, 1.807) is 18.2 Å². The highest BCUT2D eigenvalue weighted by molar-refractivity contribution is 6.30. The molecule has 2 aromatic rings. The molecule has 2 nitrogen and oxygen atoms in total. The van der Waals surface area contributed by atoms with Crippen molar-refractivity contribution in [3.63, 3.8) is 0 Å². The van der Waals surface area contributed by atoms with E-state index in [9.17, 15) is 0 Å². The smallest absolute Gasteiger partial charge is 0.150 e. The molecule has 0 unspecified atom stereocenters. The Bertz CT molecular complexity index is 610. The van der Waals surface area contributed by atoms with Gasteiger partial charge < -0.3 is 10.5 Å². The van der Waals surface area contributed by atoms with Gasteiger partial charge in [0.1, 0.15) is 11.5 Å². The Balaban J connectivity index is 1.87. The van der Waals surface area contributed by atoms with Gasteiger partial charge in [0, 0.05) is 5.02 Å². The van der Waals surface area contributed by atoms with Crippen molar-refractivity contribution in [2.75, 3.05) is 5.73 Å². The van der Waals surface area contributed by atoms with Crippen molar-refractivity contribution in [1.29, 1.82) is 0 Å². The van der Waals surface area contributed by atoms with Gasteiger partial charge in [-0.1, -0.05) is 17.7 Å². The van der Waals surface area contributed by atoms with Gasteiger partial charge in [-0.2, -0.15) is 0 Å². The fraction of sp³-hybridized carbons (Fsp3) is 0.250. The highest BCUT2D eigenvalue weighted by Crippen LogP contribution is 2.32. The van der Waals surface area contributed by atoms with Gasteiger partial charge in [-0.15, -0.1) is 0 Å². The average molecular weight is 274 g/mol. The summed E-state index contributed by atoms with van der Waals surface area (Å²) in [6.07, 6.45) is 4.87. The molecule has 2 aromatic carbocycles. The fourth-order valence-corrected chi connectivity index (χ4v) is 2.69. The monoisotopic (exact) mass is 273 g/mol. The summed E-state index contributed by atoms with van der Waals surface area (Å²) < 4.78 is 5.85. The molecule has 3 heteroatoms. The summed E-state index contributed by atoms with van der Waals surface area (Å²) in [5, 5.41) is 0.621. The van der Waals surface area contributed by atoms with E-state index >= 15 is 0 Å². The van der Waals surface area contributed by atoms with Crippen LogP contribution in [0.2, 0.25) is 5.02 Å². The topological polar surface area (TPSA) is 35.2 Å². The highest BCUT2D eigenvalue weighted by atomic mass is 35.5. The number of halogens is 1. The molecule has 19 heavy (non-hydrogen) atoms. The van der Waals surface area contributed by atoms with E-state index in [0.29, 0.717) is 16.5 Å². The van der Waals surface area contributed by atoms with Gasteiger partial charge in [0.2, 0.25) is 0 Å². The van der Waals surface area contributed by atoms with Gasteiger partial charge in [-0.25, -0.2) is 0 Å². The van der Waals surface area contributed by atoms with Gasteiger partial charge in [0.15, 0.2) is 0 Å². The van der Waals surface area contributed by atoms with Crippen LogP contribution in [0, 0.1) is 0 Å². The number of fused-ring (bicyclic) bond motifs is 1. The third-order valence-electron chi connectivity index (χ3n) is 3.52. The zero-order valence-corrected chi connectivity index (χ0v) is 11.4. The standard InChI is InChI=1S/C16H16ClNO/c17-13-6-8-16(15(18)10-13)19-14-7-5-11-3-1-2-4-12(11)9-14/h5-10H,1-4,18H2. The normalized spacial score (nSPS) is 13.9. The first-order chi connectivity index (χ1) is 9.22. The van der Waals surface area contributed by atoms with Crippen molar-refractivity contribution in [2.24, 2.45) is 0 Å². The minimum atomic E-state index is 0.560. The molecular formula is C16H16ClNO. The first-order valence-electron chi connectivity index (χ1n) is 6.57. The molecule has 0 heterocycles. The third kappa shape index (κ3) is 2.69. The fourth-order valence-electron chi connectivity index (χ4n) is 2.51. The Kier molecular flexibility index (Phi) is 3.34. The number of hydrogen-bond donors (Lipinski definition) is 1. The van der Waals surface area contributed by atoms with Crippen LogP contribution in [0.4, 0.5) is 5.69 Å². The lowest BCUT2D eigenvalue weighted by atomic mass is 9.92. The SMILES string of the molecule is Nc1cc(Cl)ccc1Oc1ccc2c(c1)CCCC2. The number of ether oxygens (including phenoxy) is 1. The highest BCUT2D eigenvalue weighted by Gasteiger charge is 2.11. The zero-order valence-electron chi connectivity index (χ0n) is 10.7. The second-order valence-electron chi connectivity index (χ2n) is 4.92. The summed E-state index contributed by atoms with van der Waals surface area (Å²) >= 11 is 5.88. The zero-order chi connectivity index (χ0) is 13.2. The van der Waals surface area contributed by atoms with E-state index in [1.165, 1.54) is 30.4 Å². The lowest BCUT2D eigenvalue weighted by Crippen LogP contribution is -2.02. The second-order valence-corrected chi connectivity index (χ2v) is 5.36. The Morgan fingerprint density at radius 2 is 1.74 bits per heavy atom. The van der Waals surface area contributed by atoms with E-state index in [2.05, 4.69) is 12.1 Å². The molecule has 0 aromatic heterocycles. The predicted molar refractivity (Wildman–Crippen MR) is 79.0 cm³/mol. The molecule has 0 radical (unpaired) electrons. The van der Waals surface area contributed by atoms with Crippen LogP contribution in [0.15, 0.2) is 36.4 Å². The molecule has 1 aliphatic carbocycles. The van der Waals surface area contributed by atoms with Crippen molar-refractivity contribution in [3.05, 3.63) is 52.5 Å². The van der Waals surface area contributed by atoms with E-state index < -0.39 is 0 Å². The molecule has 0 spiro atoms. The first kappa shape index (κ1) is 12.4. The lowest BCUT2D eigenvalue weighted by Gasteiger charge is -2.17. The maximum Gasteiger partial charge on any atom is 0.150 e. The van der Waals surface area contributed by atoms with Gasteiger partial charge in [-0.05, 0) is 67.1 Å². The number of nitrogens with two attached hydrogens (primary N) is 1. The quantitative estimate of drug-likeness (QED) is 0.812. The maximum atomic E-state index is 5.90. The van der Waals surface area contributed by atoms with Crippen LogP contribution in [0.5, 0.6) is 11.5 Å². The van der Waals surface area contributed by atoms with Crippen molar-refractivity contribution in [1.82, 2.24) is 0 Å². The van der Waals surface area contributed by atoms with E-state index in [4.69, 9.17) is 22.1 Å². The Morgan fingerprint density at radius 3 is 2.53 bits per heavy atom. The van der Waals surface area contributed by atoms with Crippen molar-refractivity contribution in [3.8, 4) is 11.5 Å². The van der Waals surface area contributed by atoms with Crippen molar-refractivity contribution < 1.29 is 4.74 Å². The lowest BCUT2D eigenvalue weighted by molar-refractivity contribution is 0.483. The third-order valence-corrected chi connectivity index (χ3v) is 3.75. The number of benzene rings is 2. The molecular weight excluding hydrogens is 258 g/mol. The number of hydrogen-bond acceptors (Lipinski definition) is 2. The Morgan fingerprint density at radius 1 is 0.947 bits per heavy atom. The van der Waals surface area contributed by atoms with Crippen molar-refractivity contribution in [2.45, 2.75) is 25.7 Å².